The monoisotopic (exact) mass is 263 g/mol. The minimum absolute atomic E-state index is 0.259. The topological polar surface area (TPSA) is 77.2 Å². The number of aromatic nitrogens is 3. The van der Waals surface area contributed by atoms with Crippen LogP contribution < -0.4 is 10.6 Å². The fourth-order valence-corrected chi connectivity index (χ4v) is 2.46. The highest BCUT2D eigenvalue weighted by molar-refractivity contribution is 7.13. The summed E-state index contributed by atoms with van der Waals surface area (Å²) < 4.78 is 5.31. The van der Waals surface area contributed by atoms with E-state index in [4.69, 9.17) is 10.5 Å². The van der Waals surface area contributed by atoms with E-state index in [2.05, 4.69) is 19.9 Å². The van der Waals surface area contributed by atoms with Gasteiger partial charge in [-0.1, -0.05) is 6.07 Å². The lowest BCUT2D eigenvalue weighted by Gasteiger charge is -2.26. The summed E-state index contributed by atoms with van der Waals surface area (Å²) in [6, 6.07) is 3.94. The number of nitrogens with two attached hydrogens (primary N) is 1. The van der Waals surface area contributed by atoms with Crippen LogP contribution in [-0.4, -0.2) is 41.3 Å². The van der Waals surface area contributed by atoms with Crippen molar-refractivity contribution in [2.24, 2.45) is 0 Å². The van der Waals surface area contributed by atoms with E-state index in [1.807, 2.05) is 17.5 Å². The molecular weight excluding hydrogens is 250 g/mol. The van der Waals surface area contributed by atoms with Crippen LogP contribution in [0.4, 0.5) is 11.9 Å². The van der Waals surface area contributed by atoms with E-state index in [0.717, 1.165) is 18.0 Å². The lowest BCUT2D eigenvalue weighted by Crippen LogP contribution is -2.37. The largest absolute Gasteiger partial charge is 0.378 e. The van der Waals surface area contributed by atoms with Crippen LogP contribution in [0.5, 0.6) is 0 Å². The van der Waals surface area contributed by atoms with Gasteiger partial charge in [-0.2, -0.15) is 15.0 Å². The lowest BCUT2D eigenvalue weighted by atomic mass is 10.4. The number of rotatable bonds is 2. The summed E-state index contributed by atoms with van der Waals surface area (Å²) in [4.78, 5) is 15.9. The summed E-state index contributed by atoms with van der Waals surface area (Å²) in [5, 5.41) is 1.99. The molecule has 0 radical (unpaired) electrons. The maximum atomic E-state index is 5.76. The summed E-state index contributed by atoms with van der Waals surface area (Å²) in [5.41, 5.74) is 5.76. The van der Waals surface area contributed by atoms with E-state index in [0.29, 0.717) is 25.0 Å². The fourth-order valence-electron chi connectivity index (χ4n) is 1.80. The van der Waals surface area contributed by atoms with Crippen LogP contribution in [0.25, 0.3) is 10.7 Å². The van der Waals surface area contributed by atoms with Crippen molar-refractivity contribution in [3.05, 3.63) is 17.5 Å². The van der Waals surface area contributed by atoms with Gasteiger partial charge in [0.15, 0.2) is 5.82 Å². The third-order valence-electron chi connectivity index (χ3n) is 2.68. The number of nitrogens with zero attached hydrogens (tertiary/aromatic N) is 4. The first-order chi connectivity index (χ1) is 8.83. The molecule has 0 aliphatic carbocycles. The summed E-state index contributed by atoms with van der Waals surface area (Å²) in [6.07, 6.45) is 0. The van der Waals surface area contributed by atoms with Gasteiger partial charge in [-0.3, -0.25) is 0 Å². The molecule has 1 fully saturated rings. The molecule has 0 saturated carbocycles. The molecule has 3 heterocycles. The van der Waals surface area contributed by atoms with Crippen molar-refractivity contribution in [3.8, 4) is 10.7 Å². The molecule has 1 aliphatic heterocycles. The minimum atomic E-state index is 0.259. The van der Waals surface area contributed by atoms with Crippen molar-refractivity contribution >= 4 is 23.2 Å². The van der Waals surface area contributed by atoms with Gasteiger partial charge in [0.1, 0.15) is 0 Å². The molecular formula is C11H13N5OS. The number of nitrogen functional groups attached to an aromatic ring is 1. The second-order valence-electron chi connectivity index (χ2n) is 3.89. The van der Waals surface area contributed by atoms with Crippen LogP contribution in [0.2, 0.25) is 0 Å². The van der Waals surface area contributed by atoms with E-state index < -0.39 is 0 Å². The second kappa shape index (κ2) is 4.87. The Kier molecular flexibility index (Phi) is 3.07. The molecule has 7 heteroatoms. The van der Waals surface area contributed by atoms with Gasteiger partial charge in [-0.15, -0.1) is 11.3 Å². The zero-order valence-electron chi connectivity index (χ0n) is 9.74. The molecule has 1 aliphatic rings. The Balaban J connectivity index is 1.95. The molecule has 2 N–H and O–H groups in total. The van der Waals surface area contributed by atoms with Crippen molar-refractivity contribution in [2.75, 3.05) is 36.9 Å². The summed E-state index contributed by atoms with van der Waals surface area (Å²) in [7, 11) is 0. The Hall–Kier alpha value is -1.73. The quantitative estimate of drug-likeness (QED) is 0.871. The van der Waals surface area contributed by atoms with E-state index >= 15 is 0 Å². The zero-order valence-corrected chi connectivity index (χ0v) is 10.6. The second-order valence-corrected chi connectivity index (χ2v) is 4.84. The standard InChI is InChI=1S/C11H13N5OS/c12-10-13-9(8-2-1-7-18-8)14-11(15-10)16-3-5-17-6-4-16/h1-2,7H,3-6H2,(H2,12,13,14,15). The third-order valence-corrected chi connectivity index (χ3v) is 3.54. The van der Waals surface area contributed by atoms with Gasteiger partial charge in [0.25, 0.3) is 0 Å². The van der Waals surface area contributed by atoms with Gasteiger partial charge in [0.2, 0.25) is 11.9 Å². The molecule has 0 atom stereocenters. The molecule has 1 saturated heterocycles. The van der Waals surface area contributed by atoms with Crippen LogP contribution in [0.1, 0.15) is 0 Å². The Labute approximate surface area is 108 Å². The van der Waals surface area contributed by atoms with Crippen molar-refractivity contribution in [2.45, 2.75) is 0 Å². The highest BCUT2D eigenvalue weighted by atomic mass is 32.1. The number of ether oxygens (including phenoxy) is 1. The summed E-state index contributed by atoms with van der Waals surface area (Å²) >= 11 is 1.59. The van der Waals surface area contributed by atoms with Gasteiger partial charge in [-0.25, -0.2) is 0 Å². The van der Waals surface area contributed by atoms with Crippen LogP contribution in [0.3, 0.4) is 0 Å². The highest BCUT2D eigenvalue weighted by Gasteiger charge is 2.16. The molecule has 0 bridgehead atoms. The maximum Gasteiger partial charge on any atom is 0.230 e. The van der Waals surface area contributed by atoms with Gasteiger partial charge >= 0.3 is 0 Å². The average molecular weight is 263 g/mol. The first-order valence-corrected chi connectivity index (χ1v) is 6.59. The predicted molar refractivity (Wildman–Crippen MR) is 70.6 cm³/mol. The predicted octanol–water partition coefficient (Wildman–Crippen LogP) is 1.02. The summed E-state index contributed by atoms with van der Waals surface area (Å²) in [6.45, 7) is 2.96. The molecule has 2 aromatic heterocycles. The van der Waals surface area contributed by atoms with Crippen molar-refractivity contribution in [1.29, 1.82) is 0 Å². The molecule has 3 rings (SSSR count). The molecule has 0 aromatic carbocycles. The van der Waals surface area contributed by atoms with E-state index in [1.54, 1.807) is 11.3 Å². The van der Waals surface area contributed by atoms with Crippen LogP contribution in [-0.2, 0) is 4.74 Å². The van der Waals surface area contributed by atoms with Gasteiger partial charge < -0.3 is 15.4 Å². The molecule has 94 valence electrons. The lowest BCUT2D eigenvalue weighted by molar-refractivity contribution is 0.122. The molecule has 0 spiro atoms. The van der Waals surface area contributed by atoms with Crippen molar-refractivity contribution in [3.63, 3.8) is 0 Å². The first-order valence-electron chi connectivity index (χ1n) is 5.71. The SMILES string of the molecule is Nc1nc(-c2cccs2)nc(N2CCOCC2)n1. The minimum Gasteiger partial charge on any atom is -0.378 e. The smallest absolute Gasteiger partial charge is 0.230 e. The van der Waals surface area contributed by atoms with Gasteiger partial charge in [0, 0.05) is 13.1 Å². The first kappa shape index (κ1) is 11.4. The normalized spacial score (nSPS) is 15.9. The van der Waals surface area contributed by atoms with E-state index in [1.165, 1.54) is 0 Å². The zero-order chi connectivity index (χ0) is 12.4. The Morgan fingerprint density at radius 1 is 1.22 bits per heavy atom. The number of morpholine rings is 1. The Morgan fingerprint density at radius 2 is 2.06 bits per heavy atom. The third kappa shape index (κ3) is 2.27. The molecule has 0 amide bonds. The average Bonchev–Trinajstić information content (AvgIpc) is 2.93. The molecule has 18 heavy (non-hydrogen) atoms. The number of anilines is 2. The fraction of sp³-hybridized carbons (Fsp3) is 0.364. The number of thiophene rings is 1. The number of hydrogen-bond acceptors (Lipinski definition) is 7. The van der Waals surface area contributed by atoms with Gasteiger partial charge in [-0.05, 0) is 11.4 Å². The molecule has 6 nitrogen and oxygen atoms in total. The van der Waals surface area contributed by atoms with Crippen molar-refractivity contribution < 1.29 is 4.74 Å². The van der Waals surface area contributed by atoms with Crippen LogP contribution >= 0.6 is 11.3 Å². The number of hydrogen-bond donors (Lipinski definition) is 1. The maximum absolute atomic E-state index is 5.76. The van der Waals surface area contributed by atoms with Gasteiger partial charge in [0.05, 0.1) is 18.1 Å². The Bertz CT molecular complexity index is 524. The molecule has 2 aromatic rings. The van der Waals surface area contributed by atoms with E-state index in [9.17, 15) is 0 Å². The summed E-state index contributed by atoms with van der Waals surface area (Å²) in [5.74, 6) is 1.53. The molecule has 0 unspecified atom stereocenters. The van der Waals surface area contributed by atoms with Crippen LogP contribution in [0.15, 0.2) is 17.5 Å². The Morgan fingerprint density at radius 3 is 2.78 bits per heavy atom. The highest BCUT2D eigenvalue weighted by Crippen LogP contribution is 2.23. The van der Waals surface area contributed by atoms with E-state index in [-0.39, 0.29) is 5.95 Å². The van der Waals surface area contributed by atoms with Crippen LogP contribution in [0, 0.1) is 0 Å². The van der Waals surface area contributed by atoms with Crippen molar-refractivity contribution in [1.82, 2.24) is 15.0 Å².